The highest BCUT2D eigenvalue weighted by Crippen LogP contribution is 2.25. The molecule has 1 N–H and O–H groups in total. The highest BCUT2D eigenvalue weighted by Gasteiger charge is 2.13. The van der Waals surface area contributed by atoms with Crippen molar-refractivity contribution in [3.63, 3.8) is 0 Å². The third kappa shape index (κ3) is 4.52. The number of carbonyl (C=O) groups is 1. The highest BCUT2D eigenvalue weighted by atomic mass is 16.6. The smallest absolute Gasteiger partial charge is 0.269 e. The Morgan fingerprint density at radius 3 is 2.40 bits per heavy atom. The van der Waals surface area contributed by atoms with Gasteiger partial charge < -0.3 is 15.1 Å². The zero-order valence-electron chi connectivity index (χ0n) is 17.2. The number of hydrogen-bond acceptors (Lipinski definition) is 7. The van der Waals surface area contributed by atoms with Crippen molar-refractivity contribution in [3.8, 4) is 0 Å². The summed E-state index contributed by atoms with van der Waals surface area (Å²) in [7, 11) is 5.23. The number of non-ortho nitro benzene ring substituents is 1. The predicted molar refractivity (Wildman–Crippen MR) is 116 cm³/mol. The van der Waals surface area contributed by atoms with Crippen LogP contribution in [0, 0.1) is 17.0 Å². The van der Waals surface area contributed by atoms with Gasteiger partial charge in [-0.05, 0) is 42.8 Å². The fraction of sp³-hybridized carbons (Fsp3) is 0.190. The van der Waals surface area contributed by atoms with E-state index in [1.165, 1.54) is 17.0 Å². The van der Waals surface area contributed by atoms with Gasteiger partial charge in [-0.2, -0.15) is 4.98 Å². The van der Waals surface area contributed by atoms with Gasteiger partial charge in [0.2, 0.25) is 5.95 Å². The van der Waals surface area contributed by atoms with Crippen LogP contribution in [0.5, 0.6) is 0 Å². The molecule has 1 heterocycles. The first-order valence-electron chi connectivity index (χ1n) is 9.17. The molecule has 0 radical (unpaired) electrons. The molecule has 3 rings (SSSR count). The maximum Gasteiger partial charge on any atom is 0.269 e. The largest absolute Gasteiger partial charge is 0.345 e. The first-order chi connectivity index (χ1) is 14.3. The lowest BCUT2D eigenvalue weighted by molar-refractivity contribution is -0.384. The van der Waals surface area contributed by atoms with Crippen molar-refractivity contribution in [3.05, 3.63) is 76.0 Å². The number of rotatable bonds is 6. The second-order valence-corrected chi connectivity index (χ2v) is 6.93. The number of aromatic nitrogens is 2. The van der Waals surface area contributed by atoms with E-state index in [4.69, 9.17) is 0 Å². The molecule has 0 saturated carbocycles. The number of nitrogens with zero attached hydrogens (tertiary/aromatic N) is 5. The molecular formula is C21H22N6O3. The minimum absolute atomic E-state index is 0.0274. The molecule has 30 heavy (non-hydrogen) atoms. The quantitative estimate of drug-likeness (QED) is 0.489. The molecule has 3 aromatic rings. The number of nitro benzene ring substituents is 1. The van der Waals surface area contributed by atoms with E-state index in [2.05, 4.69) is 15.3 Å². The molecule has 0 bridgehead atoms. The van der Waals surface area contributed by atoms with E-state index in [9.17, 15) is 14.9 Å². The Bertz CT molecular complexity index is 1080. The lowest BCUT2D eigenvalue weighted by Crippen LogP contribution is -2.22. The van der Waals surface area contributed by atoms with Gasteiger partial charge in [0.15, 0.2) is 0 Å². The summed E-state index contributed by atoms with van der Waals surface area (Å²) in [4.78, 5) is 34.8. The molecule has 0 aliphatic carbocycles. The van der Waals surface area contributed by atoms with Gasteiger partial charge in [0.1, 0.15) is 5.82 Å². The van der Waals surface area contributed by atoms with Crippen LogP contribution in [0.25, 0.3) is 0 Å². The van der Waals surface area contributed by atoms with Gasteiger partial charge in [0, 0.05) is 56.4 Å². The van der Waals surface area contributed by atoms with Crippen LogP contribution >= 0.6 is 0 Å². The van der Waals surface area contributed by atoms with Crippen molar-refractivity contribution in [1.29, 1.82) is 0 Å². The summed E-state index contributed by atoms with van der Waals surface area (Å²) in [6.07, 6.45) is 1.62. The van der Waals surface area contributed by atoms with Gasteiger partial charge in [0.25, 0.3) is 11.6 Å². The van der Waals surface area contributed by atoms with E-state index in [0.29, 0.717) is 23.0 Å². The molecule has 0 spiro atoms. The average Bonchev–Trinajstić information content (AvgIpc) is 2.74. The van der Waals surface area contributed by atoms with E-state index >= 15 is 0 Å². The van der Waals surface area contributed by atoms with E-state index < -0.39 is 4.92 Å². The SMILES string of the molecule is Cc1ccc(Nc2nccc(N(C)c3ccc([N+](=O)[O-])cc3)n2)cc1C(=O)N(C)C. The third-order valence-corrected chi connectivity index (χ3v) is 4.56. The second kappa shape index (κ2) is 8.56. The molecule has 0 aliphatic rings. The molecule has 0 unspecified atom stereocenters. The number of nitro groups is 1. The Kier molecular flexibility index (Phi) is 5.91. The number of nitrogens with one attached hydrogen (secondary N) is 1. The monoisotopic (exact) mass is 406 g/mol. The molecule has 154 valence electrons. The molecule has 0 saturated heterocycles. The maximum absolute atomic E-state index is 12.4. The van der Waals surface area contributed by atoms with Crippen LogP contribution in [-0.2, 0) is 0 Å². The van der Waals surface area contributed by atoms with Gasteiger partial charge in [0.05, 0.1) is 4.92 Å². The Hall–Kier alpha value is -4.01. The first-order valence-corrected chi connectivity index (χ1v) is 9.17. The van der Waals surface area contributed by atoms with Gasteiger partial charge in [-0.1, -0.05) is 6.07 Å². The zero-order valence-corrected chi connectivity index (χ0v) is 17.2. The topological polar surface area (TPSA) is 104 Å². The van der Waals surface area contributed by atoms with Gasteiger partial charge >= 0.3 is 0 Å². The van der Waals surface area contributed by atoms with E-state index in [0.717, 1.165) is 11.3 Å². The van der Waals surface area contributed by atoms with Crippen LogP contribution in [0.1, 0.15) is 15.9 Å². The van der Waals surface area contributed by atoms with Gasteiger partial charge in [-0.25, -0.2) is 4.98 Å². The summed E-state index contributed by atoms with van der Waals surface area (Å²) in [6, 6.07) is 13.4. The van der Waals surface area contributed by atoms with E-state index in [1.807, 2.05) is 26.1 Å². The van der Waals surface area contributed by atoms with Crippen LogP contribution in [0.3, 0.4) is 0 Å². The zero-order chi connectivity index (χ0) is 21.8. The van der Waals surface area contributed by atoms with Gasteiger partial charge in [-0.15, -0.1) is 0 Å². The number of benzene rings is 2. The molecule has 0 atom stereocenters. The number of carbonyl (C=O) groups excluding carboxylic acids is 1. The molecule has 1 aromatic heterocycles. The molecule has 1 amide bonds. The van der Waals surface area contributed by atoms with Crippen LogP contribution in [-0.4, -0.2) is 46.8 Å². The second-order valence-electron chi connectivity index (χ2n) is 6.93. The Morgan fingerprint density at radius 1 is 1.07 bits per heavy atom. The van der Waals surface area contributed by atoms with Crippen molar-refractivity contribution in [2.45, 2.75) is 6.92 Å². The number of hydrogen-bond donors (Lipinski definition) is 1. The van der Waals surface area contributed by atoms with Crippen LogP contribution in [0.15, 0.2) is 54.7 Å². The van der Waals surface area contributed by atoms with Crippen LogP contribution < -0.4 is 10.2 Å². The number of aryl methyl sites for hydroxylation is 1. The molecule has 9 nitrogen and oxygen atoms in total. The molecule has 2 aromatic carbocycles. The normalized spacial score (nSPS) is 10.4. The summed E-state index contributed by atoms with van der Waals surface area (Å²) in [6.45, 7) is 1.89. The Morgan fingerprint density at radius 2 is 1.77 bits per heavy atom. The van der Waals surface area contributed by atoms with Gasteiger partial charge in [-0.3, -0.25) is 14.9 Å². The number of anilines is 4. The fourth-order valence-electron chi connectivity index (χ4n) is 2.83. The summed E-state index contributed by atoms with van der Waals surface area (Å²) in [5.41, 5.74) is 2.95. The average molecular weight is 406 g/mol. The standard InChI is InChI=1S/C21H22N6O3/c1-14-5-6-15(13-18(14)20(28)25(2)3)23-21-22-12-11-19(24-21)26(4)16-7-9-17(10-8-16)27(29)30/h5-13H,1-4H3,(H,22,23,24). The maximum atomic E-state index is 12.4. The lowest BCUT2D eigenvalue weighted by Gasteiger charge is -2.19. The van der Waals surface area contributed by atoms with Crippen LogP contribution in [0.2, 0.25) is 0 Å². The van der Waals surface area contributed by atoms with E-state index in [-0.39, 0.29) is 11.6 Å². The van der Waals surface area contributed by atoms with E-state index in [1.54, 1.807) is 49.5 Å². The summed E-state index contributed by atoms with van der Waals surface area (Å²) >= 11 is 0. The molecular weight excluding hydrogens is 384 g/mol. The molecule has 9 heteroatoms. The molecule has 0 fully saturated rings. The third-order valence-electron chi connectivity index (χ3n) is 4.56. The summed E-state index contributed by atoms with van der Waals surface area (Å²) < 4.78 is 0. The predicted octanol–water partition coefficient (Wildman–Crippen LogP) is 3.91. The van der Waals surface area contributed by atoms with Crippen molar-refractivity contribution in [1.82, 2.24) is 14.9 Å². The van der Waals surface area contributed by atoms with Crippen molar-refractivity contribution >= 4 is 34.7 Å². The van der Waals surface area contributed by atoms with Crippen molar-refractivity contribution in [2.75, 3.05) is 31.4 Å². The lowest BCUT2D eigenvalue weighted by atomic mass is 10.1. The van der Waals surface area contributed by atoms with Crippen LogP contribution in [0.4, 0.5) is 28.8 Å². The van der Waals surface area contributed by atoms with Crippen molar-refractivity contribution in [2.24, 2.45) is 0 Å². The first kappa shape index (κ1) is 20.7. The summed E-state index contributed by atoms with van der Waals surface area (Å²) in [5.74, 6) is 0.898. The highest BCUT2D eigenvalue weighted by molar-refractivity contribution is 5.96. The molecule has 0 aliphatic heterocycles. The van der Waals surface area contributed by atoms with Crippen molar-refractivity contribution < 1.29 is 9.72 Å². The summed E-state index contributed by atoms with van der Waals surface area (Å²) in [5, 5.41) is 14.0. The fourth-order valence-corrected chi connectivity index (χ4v) is 2.83. The minimum atomic E-state index is -0.437. The minimum Gasteiger partial charge on any atom is -0.345 e. The Balaban J connectivity index is 1.83. The number of amides is 1. The Labute approximate surface area is 174 Å².